The van der Waals surface area contributed by atoms with Crippen LogP contribution in [-0.2, 0) is 9.53 Å². The van der Waals surface area contributed by atoms with Gasteiger partial charge in [-0.25, -0.2) is 0 Å². The normalized spacial score (nSPS) is 20.9. The van der Waals surface area contributed by atoms with E-state index in [0.717, 1.165) is 24.2 Å². The molecule has 0 saturated carbocycles. The first-order valence-electron chi connectivity index (χ1n) is 5.13. The summed E-state index contributed by atoms with van der Waals surface area (Å²) in [6.07, 6.45) is 2.30. The number of methoxy groups -OCH3 is 1. The van der Waals surface area contributed by atoms with E-state index in [9.17, 15) is 4.79 Å². The average Bonchev–Trinajstić information content (AvgIpc) is 2.29. The second kappa shape index (κ2) is 4.34. The van der Waals surface area contributed by atoms with Crippen LogP contribution in [0.3, 0.4) is 0 Å². The molecule has 2 rings (SSSR count). The van der Waals surface area contributed by atoms with Crippen molar-refractivity contribution < 1.29 is 14.3 Å². The average molecular weight is 206 g/mol. The molecule has 1 heterocycles. The summed E-state index contributed by atoms with van der Waals surface area (Å²) in [5.41, 5.74) is 1.05. The number of benzene rings is 1. The monoisotopic (exact) mass is 206 g/mol. The van der Waals surface area contributed by atoms with Crippen molar-refractivity contribution in [2.75, 3.05) is 7.11 Å². The van der Waals surface area contributed by atoms with Gasteiger partial charge in [0.2, 0.25) is 0 Å². The fourth-order valence-corrected chi connectivity index (χ4v) is 1.76. The Hall–Kier alpha value is -1.51. The number of esters is 1. The molecule has 15 heavy (non-hydrogen) atoms. The molecule has 1 aliphatic rings. The van der Waals surface area contributed by atoms with Crippen LogP contribution >= 0.6 is 0 Å². The van der Waals surface area contributed by atoms with Crippen LogP contribution < -0.4 is 4.74 Å². The van der Waals surface area contributed by atoms with E-state index < -0.39 is 0 Å². The van der Waals surface area contributed by atoms with Gasteiger partial charge < -0.3 is 9.47 Å². The van der Waals surface area contributed by atoms with Crippen molar-refractivity contribution in [3.05, 3.63) is 29.8 Å². The van der Waals surface area contributed by atoms with E-state index in [4.69, 9.17) is 9.47 Å². The predicted molar refractivity (Wildman–Crippen MR) is 55.7 cm³/mol. The molecule has 1 fully saturated rings. The molecule has 1 aromatic carbocycles. The molecule has 0 aromatic heterocycles. The van der Waals surface area contributed by atoms with Gasteiger partial charge in [-0.3, -0.25) is 4.79 Å². The van der Waals surface area contributed by atoms with E-state index in [2.05, 4.69) is 0 Å². The Kier molecular flexibility index (Phi) is 2.90. The highest BCUT2D eigenvalue weighted by Gasteiger charge is 2.21. The number of rotatable bonds is 2. The molecule has 3 nitrogen and oxygen atoms in total. The van der Waals surface area contributed by atoms with E-state index in [0.29, 0.717) is 6.42 Å². The minimum atomic E-state index is -0.0953. The van der Waals surface area contributed by atoms with Crippen LogP contribution in [0.2, 0.25) is 0 Å². The van der Waals surface area contributed by atoms with Gasteiger partial charge in [-0.15, -0.1) is 0 Å². The highest BCUT2D eigenvalue weighted by molar-refractivity contribution is 5.70. The summed E-state index contributed by atoms with van der Waals surface area (Å²) < 4.78 is 10.3. The molecule has 1 aromatic rings. The lowest BCUT2D eigenvalue weighted by molar-refractivity contribution is -0.154. The Morgan fingerprint density at radius 2 is 2.07 bits per heavy atom. The van der Waals surface area contributed by atoms with E-state index in [1.807, 2.05) is 24.3 Å². The minimum absolute atomic E-state index is 0.0721. The second-order valence-corrected chi connectivity index (χ2v) is 3.64. The first-order valence-corrected chi connectivity index (χ1v) is 5.13. The summed E-state index contributed by atoms with van der Waals surface area (Å²) in [4.78, 5) is 11.1. The maximum absolute atomic E-state index is 11.1. The summed E-state index contributed by atoms with van der Waals surface area (Å²) in [5.74, 6) is 0.725. The quantitative estimate of drug-likeness (QED) is 0.697. The summed E-state index contributed by atoms with van der Waals surface area (Å²) >= 11 is 0. The van der Waals surface area contributed by atoms with Gasteiger partial charge in [0.1, 0.15) is 11.9 Å². The molecule has 0 amide bonds. The zero-order chi connectivity index (χ0) is 10.7. The molecule has 1 aliphatic heterocycles. The van der Waals surface area contributed by atoms with Gasteiger partial charge >= 0.3 is 5.97 Å². The van der Waals surface area contributed by atoms with Crippen molar-refractivity contribution in [3.8, 4) is 5.75 Å². The zero-order valence-corrected chi connectivity index (χ0v) is 8.73. The zero-order valence-electron chi connectivity index (χ0n) is 8.73. The largest absolute Gasteiger partial charge is 0.497 e. The van der Waals surface area contributed by atoms with Crippen molar-refractivity contribution in [3.63, 3.8) is 0 Å². The van der Waals surface area contributed by atoms with Gasteiger partial charge in [0, 0.05) is 6.42 Å². The van der Waals surface area contributed by atoms with Crippen molar-refractivity contribution in [1.82, 2.24) is 0 Å². The number of carbonyl (C=O) groups is 1. The van der Waals surface area contributed by atoms with Gasteiger partial charge in [0.15, 0.2) is 0 Å². The smallest absolute Gasteiger partial charge is 0.306 e. The van der Waals surface area contributed by atoms with Crippen LogP contribution in [0.4, 0.5) is 0 Å². The van der Waals surface area contributed by atoms with Crippen LogP contribution in [0, 0.1) is 0 Å². The summed E-state index contributed by atoms with van der Waals surface area (Å²) in [6, 6.07) is 7.67. The summed E-state index contributed by atoms with van der Waals surface area (Å²) in [6.45, 7) is 0. The molecule has 0 N–H and O–H groups in total. The lowest BCUT2D eigenvalue weighted by Crippen LogP contribution is -2.16. The van der Waals surface area contributed by atoms with Gasteiger partial charge in [0.05, 0.1) is 7.11 Å². The van der Waals surface area contributed by atoms with Gasteiger partial charge in [0.25, 0.3) is 0 Å². The van der Waals surface area contributed by atoms with Gasteiger partial charge in [-0.2, -0.15) is 0 Å². The number of carbonyl (C=O) groups excluding carboxylic acids is 1. The van der Waals surface area contributed by atoms with Crippen LogP contribution in [0.1, 0.15) is 30.9 Å². The fraction of sp³-hybridized carbons (Fsp3) is 0.417. The van der Waals surface area contributed by atoms with E-state index in [1.54, 1.807) is 7.11 Å². The third kappa shape index (κ3) is 2.29. The Balaban J connectivity index is 2.11. The number of ether oxygens (including phenoxy) is 2. The predicted octanol–water partition coefficient (Wildman–Crippen LogP) is 2.46. The molecule has 0 spiro atoms. The van der Waals surface area contributed by atoms with Crippen molar-refractivity contribution in [2.24, 2.45) is 0 Å². The minimum Gasteiger partial charge on any atom is -0.497 e. The number of hydrogen-bond acceptors (Lipinski definition) is 3. The van der Waals surface area contributed by atoms with Crippen LogP contribution in [0.25, 0.3) is 0 Å². The molecule has 1 saturated heterocycles. The van der Waals surface area contributed by atoms with Crippen molar-refractivity contribution in [2.45, 2.75) is 25.4 Å². The van der Waals surface area contributed by atoms with Crippen LogP contribution in [-0.4, -0.2) is 13.1 Å². The Labute approximate surface area is 89.0 Å². The SMILES string of the molecule is COc1ccc([C@@H]2CCCC(=O)O2)cc1. The highest BCUT2D eigenvalue weighted by Crippen LogP contribution is 2.29. The summed E-state index contributed by atoms with van der Waals surface area (Å²) in [7, 11) is 1.63. The summed E-state index contributed by atoms with van der Waals surface area (Å²) in [5, 5.41) is 0. The molecule has 3 heteroatoms. The van der Waals surface area contributed by atoms with Crippen molar-refractivity contribution in [1.29, 1.82) is 0 Å². The lowest BCUT2D eigenvalue weighted by atomic mass is 10.0. The lowest BCUT2D eigenvalue weighted by Gasteiger charge is -2.22. The first kappa shape index (κ1) is 10.0. The Bertz CT molecular complexity index is 342. The highest BCUT2D eigenvalue weighted by atomic mass is 16.5. The molecule has 80 valence electrons. The third-order valence-electron chi connectivity index (χ3n) is 2.61. The number of cyclic esters (lactones) is 1. The van der Waals surface area contributed by atoms with E-state index >= 15 is 0 Å². The standard InChI is InChI=1S/C12H14O3/c1-14-10-7-5-9(6-8-10)11-3-2-4-12(13)15-11/h5-8,11H,2-4H2,1H3/t11-/m0/s1. The van der Waals surface area contributed by atoms with E-state index in [1.165, 1.54) is 0 Å². The molecule has 0 radical (unpaired) electrons. The Morgan fingerprint density at radius 1 is 1.33 bits per heavy atom. The van der Waals surface area contributed by atoms with E-state index in [-0.39, 0.29) is 12.1 Å². The maximum Gasteiger partial charge on any atom is 0.306 e. The first-order chi connectivity index (χ1) is 7.29. The van der Waals surface area contributed by atoms with Crippen molar-refractivity contribution >= 4 is 5.97 Å². The second-order valence-electron chi connectivity index (χ2n) is 3.64. The van der Waals surface area contributed by atoms with Crippen LogP contribution in [0.5, 0.6) is 5.75 Å². The molecular weight excluding hydrogens is 192 g/mol. The molecule has 0 bridgehead atoms. The third-order valence-corrected chi connectivity index (χ3v) is 2.61. The topological polar surface area (TPSA) is 35.5 Å². The number of hydrogen-bond donors (Lipinski definition) is 0. The molecule has 1 atom stereocenters. The molecular formula is C12H14O3. The molecule has 0 aliphatic carbocycles. The van der Waals surface area contributed by atoms with Gasteiger partial charge in [-0.1, -0.05) is 12.1 Å². The fourth-order valence-electron chi connectivity index (χ4n) is 1.76. The Morgan fingerprint density at radius 3 is 2.67 bits per heavy atom. The van der Waals surface area contributed by atoms with Gasteiger partial charge in [-0.05, 0) is 30.5 Å². The van der Waals surface area contributed by atoms with Crippen LogP contribution in [0.15, 0.2) is 24.3 Å². The molecule has 0 unspecified atom stereocenters. The maximum atomic E-state index is 11.1.